The van der Waals surface area contributed by atoms with Gasteiger partial charge in [-0.3, -0.25) is 14.9 Å². The Bertz CT molecular complexity index is 738. The fraction of sp³-hybridized carbons (Fsp3) is 0. The second kappa shape index (κ2) is 5.90. The average Bonchev–Trinajstić information content (AvgIpc) is 2.43. The minimum atomic E-state index is -0.745. The van der Waals surface area contributed by atoms with E-state index >= 15 is 0 Å². The third kappa shape index (κ3) is 3.36. The number of carbonyl (C=O) groups excluding carboxylic acids is 1. The maximum Gasteiger partial charge on any atom is 0.296 e. The number of hydrogen-bond donors (Lipinski definition) is 2. The monoisotopic (exact) mass is 328 g/mol. The number of halogens is 2. The summed E-state index contributed by atoms with van der Waals surface area (Å²) < 4.78 is 0. The highest BCUT2D eigenvalue weighted by Crippen LogP contribution is 2.29. The molecule has 0 spiro atoms. The van der Waals surface area contributed by atoms with Crippen molar-refractivity contribution in [3.05, 3.63) is 50.2 Å². The predicted molar refractivity (Wildman–Crippen MR) is 74.8 cm³/mol. The molecule has 1 heterocycles. The Hall–Kier alpha value is -2.45. The number of phenols is 1. The molecule has 0 radical (unpaired) electrons. The summed E-state index contributed by atoms with van der Waals surface area (Å²) >= 11 is 11.3. The molecular formula is C11H6Cl2N4O4. The number of nitrogens with zero attached hydrogens (tertiary/aromatic N) is 3. The summed E-state index contributed by atoms with van der Waals surface area (Å²) in [5.41, 5.74) is -0.654. The van der Waals surface area contributed by atoms with E-state index in [4.69, 9.17) is 23.2 Å². The van der Waals surface area contributed by atoms with Crippen molar-refractivity contribution in [2.45, 2.75) is 0 Å². The number of phenolic OH excluding ortho intramolecular Hbond substituents is 1. The van der Waals surface area contributed by atoms with Crippen LogP contribution in [-0.2, 0) is 0 Å². The first-order chi connectivity index (χ1) is 9.88. The molecule has 2 aromatic rings. The quantitative estimate of drug-likeness (QED) is 0.508. The zero-order chi connectivity index (χ0) is 15.6. The van der Waals surface area contributed by atoms with Crippen LogP contribution in [0.5, 0.6) is 5.75 Å². The number of aromatic nitrogens is 2. The normalized spacial score (nSPS) is 10.2. The van der Waals surface area contributed by atoms with Crippen molar-refractivity contribution in [2.24, 2.45) is 0 Å². The molecule has 21 heavy (non-hydrogen) atoms. The Kier molecular flexibility index (Phi) is 4.20. The Labute approximate surface area is 127 Å². The maximum atomic E-state index is 12.0. The minimum absolute atomic E-state index is 0.0512. The number of nitrogens with one attached hydrogen (secondary N) is 1. The maximum absolute atomic E-state index is 12.0. The van der Waals surface area contributed by atoms with Gasteiger partial charge in [-0.15, -0.1) is 10.2 Å². The molecule has 0 saturated carbocycles. The summed E-state index contributed by atoms with van der Waals surface area (Å²) in [5.74, 6) is -1.04. The highest BCUT2D eigenvalue weighted by Gasteiger charge is 2.19. The van der Waals surface area contributed by atoms with E-state index in [9.17, 15) is 20.0 Å². The van der Waals surface area contributed by atoms with Gasteiger partial charge in [-0.05, 0) is 18.2 Å². The molecule has 0 aliphatic carbocycles. The number of nitro benzene ring substituents is 1. The standard InChI is InChI=1S/C11H6Cl2N4O4/c12-9-4-6(10(13)16-15-9)11(19)14-7-2-1-5(18)3-8(7)17(20)21/h1-4,18H,(H,14,19). The number of aromatic hydroxyl groups is 1. The lowest BCUT2D eigenvalue weighted by Crippen LogP contribution is -2.14. The van der Waals surface area contributed by atoms with Crippen LogP contribution in [0.4, 0.5) is 11.4 Å². The van der Waals surface area contributed by atoms with Crippen molar-refractivity contribution in [3.63, 3.8) is 0 Å². The molecule has 0 saturated heterocycles. The number of carbonyl (C=O) groups is 1. The molecule has 0 aliphatic rings. The largest absolute Gasteiger partial charge is 0.508 e. The molecule has 1 aromatic carbocycles. The Morgan fingerprint density at radius 3 is 2.67 bits per heavy atom. The van der Waals surface area contributed by atoms with Gasteiger partial charge in [0.15, 0.2) is 10.3 Å². The van der Waals surface area contributed by atoms with Gasteiger partial charge in [0.2, 0.25) is 0 Å². The molecule has 2 N–H and O–H groups in total. The van der Waals surface area contributed by atoms with Crippen molar-refractivity contribution in [3.8, 4) is 5.75 Å². The third-order valence-corrected chi connectivity index (χ3v) is 2.85. The van der Waals surface area contributed by atoms with Crippen LogP contribution in [0.1, 0.15) is 10.4 Å². The Balaban J connectivity index is 2.36. The molecule has 2 rings (SSSR count). The number of rotatable bonds is 3. The van der Waals surface area contributed by atoms with E-state index < -0.39 is 16.5 Å². The highest BCUT2D eigenvalue weighted by molar-refractivity contribution is 6.34. The smallest absolute Gasteiger partial charge is 0.296 e. The SMILES string of the molecule is O=C(Nc1ccc(O)cc1[N+](=O)[O-])c1cc(Cl)nnc1Cl. The van der Waals surface area contributed by atoms with Crippen LogP contribution >= 0.6 is 23.2 Å². The second-order valence-electron chi connectivity index (χ2n) is 3.78. The van der Waals surface area contributed by atoms with Gasteiger partial charge in [0.05, 0.1) is 16.6 Å². The summed E-state index contributed by atoms with van der Waals surface area (Å²) in [6.45, 7) is 0. The van der Waals surface area contributed by atoms with Crippen LogP contribution in [-0.4, -0.2) is 26.1 Å². The Morgan fingerprint density at radius 2 is 2.00 bits per heavy atom. The first-order valence-corrected chi connectivity index (χ1v) is 6.11. The number of hydrogen-bond acceptors (Lipinski definition) is 6. The van der Waals surface area contributed by atoms with Gasteiger partial charge in [0, 0.05) is 0 Å². The summed E-state index contributed by atoms with van der Waals surface area (Å²) in [7, 11) is 0. The van der Waals surface area contributed by atoms with E-state index in [2.05, 4.69) is 15.5 Å². The number of benzene rings is 1. The summed E-state index contributed by atoms with van der Waals surface area (Å²) in [4.78, 5) is 22.2. The van der Waals surface area contributed by atoms with Gasteiger partial charge in [-0.2, -0.15) is 0 Å². The number of anilines is 1. The van der Waals surface area contributed by atoms with E-state index in [0.29, 0.717) is 0 Å². The zero-order valence-corrected chi connectivity index (χ0v) is 11.6. The van der Waals surface area contributed by atoms with Gasteiger partial charge in [0.25, 0.3) is 11.6 Å². The third-order valence-electron chi connectivity index (χ3n) is 2.39. The molecule has 0 bridgehead atoms. The van der Waals surface area contributed by atoms with E-state index in [0.717, 1.165) is 6.07 Å². The molecule has 108 valence electrons. The summed E-state index contributed by atoms with van der Waals surface area (Å²) in [6.07, 6.45) is 0. The zero-order valence-electron chi connectivity index (χ0n) is 10.1. The average molecular weight is 329 g/mol. The van der Waals surface area contributed by atoms with Crippen molar-refractivity contribution >= 4 is 40.5 Å². The van der Waals surface area contributed by atoms with Gasteiger partial charge in [0.1, 0.15) is 11.4 Å². The van der Waals surface area contributed by atoms with Crippen molar-refractivity contribution in [1.82, 2.24) is 10.2 Å². The fourth-order valence-corrected chi connectivity index (χ4v) is 1.80. The Morgan fingerprint density at radius 1 is 1.29 bits per heavy atom. The van der Waals surface area contributed by atoms with Crippen molar-refractivity contribution < 1.29 is 14.8 Å². The lowest BCUT2D eigenvalue weighted by atomic mass is 10.2. The fourth-order valence-electron chi connectivity index (χ4n) is 1.48. The van der Waals surface area contributed by atoms with E-state index in [1.807, 2.05) is 0 Å². The number of nitro groups is 1. The lowest BCUT2D eigenvalue weighted by molar-refractivity contribution is -0.384. The number of amides is 1. The molecule has 1 amide bonds. The minimum Gasteiger partial charge on any atom is -0.508 e. The summed E-state index contributed by atoms with van der Waals surface area (Å²) in [5, 5.41) is 29.1. The topological polar surface area (TPSA) is 118 Å². The molecule has 0 aliphatic heterocycles. The molecule has 0 atom stereocenters. The molecule has 8 nitrogen and oxygen atoms in total. The van der Waals surface area contributed by atoms with Crippen LogP contribution in [0.3, 0.4) is 0 Å². The van der Waals surface area contributed by atoms with Crippen molar-refractivity contribution in [1.29, 1.82) is 0 Å². The first kappa shape index (κ1) is 14.9. The van der Waals surface area contributed by atoms with Gasteiger partial charge >= 0.3 is 0 Å². The predicted octanol–water partition coefficient (Wildman–Crippen LogP) is 2.65. The lowest BCUT2D eigenvalue weighted by Gasteiger charge is -2.07. The van der Waals surface area contributed by atoms with Gasteiger partial charge in [-0.1, -0.05) is 23.2 Å². The molecule has 0 unspecified atom stereocenters. The first-order valence-electron chi connectivity index (χ1n) is 5.36. The van der Waals surface area contributed by atoms with Crippen LogP contribution in [0.25, 0.3) is 0 Å². The van der Waals surface area contributed by atoms with Crippen molar-refractivity contribution in [2.75, 3.05) is 5.32 Å². The molecular weight excluding hydrogens is 323 g/mol. The van der Waals surface area contributed by atoms with Crippen LogP contribution in [0.2, 0.25) is 10.3 Å². The van der Waals surface area contributed by atoms with E-state index in [1.54, 1.807) is 0 Å². The molecule has 1 aromatic heterocycles. The molecule has 10 heteroatoms. The molecule has 0 fully saturated rings. The summed E-state index contributed by atoms with van der Waals surface area (Å²) in [6, 6.07) is 4.48. The van der Waals surface area contributed by atoms with E-state index in [1.165, 1.54) is 18.2 Å². The van der Waals surface area contributed by atoms with Crippen LogP contribution in [0, 0.1) is 10.1 Å². The van der Waals surface area contributed by atoms with Gasteiger partial charge in [-0.25, -0.2) is 0 Å². The highest BCUT2D eigenvalue weighted by atomic mass is 35.5. The van der Waals surface area contributed by atoms with E-state index in [-0.39, 0.29) is 27.3 Å². The second-order valence-corrected chi connectivity index (χ2v) is 4.53. The van der Waals surface area contributed by atoms with Crippen LogP contribution < -0.4 is 5.32 Å². The van der Waals surface area contributed by atoms with Crippen LogP contribution in [0.15, 0.2) is 24.3 Å². The van der Waals surface area contributed by atoms with Gasteiger partial charge < -0.3 is 10.4 Å².